The van der Waals surface area contributed by atoms with Crippen molar-refractivity contribution in [1.82, 2.24) is 4.67 Å². The van der Waals surface area contributed by atoms with Crippen LogP contribution in [-0.2, 0) is 4.52 Å². The Morgan fingerprint density at radius 3 is 2.15 bits per heavy atom. The summed E-state index contributed by atoms with van der Waals surface area (Å²) in [6.45, 7) is 6.61. The molecule has 1 aliphatic heterocycles. The molecule has 3 nitrogen and oxygen atoms in total. The molecular formula is C8H18NO2PSe. The van der Waals surface area contributed by atoms with E-state index in [1.807, 2.05) is 0 Å². The molecule has 0 aromatic heterocycles. The van der Waals surface area contributed by atoms with Crippen molar-refractivity contribution in [2.45, 2.75) is 45.1 Å². The van der Waals surface area contributed by atoms with Crippen LogP contribution in [-0.4, -0.2) is 37.9 Å². The molecule has 0 spiro atoms. The zero-order chi connectivity index (χ0) is 10.1. The molecule has 0 N–H and O–H groups in total. The van der Waals surface area contributed by atoms with Crippen LogP contribution in [0.4, 0.5) is 0 Å². The third-order valence-electron chi connectivity index (χ3n) is 1.93. The molecule has 0 bridgehead atoms. The van der Waals surface area contributed by atoms with Crippen LogP contribution in [0.3, 0.4) is 0 Å². The van der Waals surface area contributed by atoms with Gasteiger partial charge in [0, 0.05) is 0 Å². The molecule has 1 atom stereocenters. The molecule has 0 saturated carbocycles. The molecule has 1 unspecified atom stereocenters. The summed E-state index contributed by atoms with van der Waals surface area (Å²) in [7, 11) is 0. The summed E-state index contributed by atoms with van der Waals surface area (Å²) >= 11 is 0.168. The second-order valence-corrected chi connectivity index (χ2v) is 11.0. The molecule has 1 saturated heterocycles. The van der Waals surface area contributed by atoms with Gasteiger partial charge in [0.25, 0.3) is 0 Å². The molecule has 0 aromatic rings. The van der Waals surface area contributed by atoms with Crippen molar-refractivity contribution < 1.29 is 9.42 Å². The SMILES string of the molecule is CC(C)N(C(C)C)[P+]1([O-])OCC[Se]1. The van der Waals surface area contributed by atoms with Crippen molar-refractivity contribution in [2.24, 2.45) is 0 Å². The van der Waals surface area contributed by atoms with Crippen LogP contribution in [0, 0.1) is 0 Å². The molecule has 1 rings (SSSR count). The first-order chi connectivity index (χ1) is 5.97. The normalized spacial score (nSPS) is 29.5. The van der Waals surface area contributed by atoms with Gasteiger partial charge in [0.05, 0.1) is 0 Å². The predicted molar refractivity (Wildman–Crippen MR) is 55.5 cm³/mol. The maximum atomic E-state index is 12.3. The topological polar surface area (TPSA) is 35.5 Å². The molecule has 0 aliphatic carbocycles. The first-order valence-corrected chi connectivity index (χ1v) is 9.66. The summed E-state index contributed by atoms with van der Waals surface area (Å²) in [6, 6.07) is 0.622. The Hall–Kier alpha value is 0.829. The predicted octanol–water partition coefficient (Wildman–Crippen LogP) is 1.30. The average molecular weight is 270 g/mol. The molecule has 13 heavy (non-hydrogen) atoms. The van der Waals surface area contributed by atoms with E-state index in [0.717, 1.165) is 5.32 Å². The van der Waals surface area contributed by atoms with Gasteiger partial charge in [-0.1, -0.05) is 0 Å². The van der Waals surface area contributed by atoms with E-state index in [4.69, 9.17) is 4.52 Å². The van der Waals surface area contributed by atoms with Gasteiger partial charge in [-0.2, -0.15) is 0 Å². The molecule has 0 amide bonds. The van der Waals surface area contributed by atoms with Gasteiger partial charge in [-0.25, -0.2) is 0 Å². The summed E-state index contributed by atoms with van der Waals surface area (Å²) < 4.78 is 7.49. The molecule has 5 heteroatoms. The van der Waals surface area contributed by atoms with Crippen molar-refractivity contribution >= 4 is 21.1 Å². The van der Waals surface area contributed by atoms with Gasteiger partial charge in [0.15, 0.2) is 0 Å². The Labute approximate surface area is 87.2 Å². The third-order valence-corrected chi connectivity index (χ3v) is 9.84. The minimum atomic E-state index is -2.40. The average Bonchev–Trinajstić information content (AvgIpc) is 2.33. The third kappa shape index (κ3) is 2.65. The molecule has 1 fully saturated rings. The van der Waals surface area contributed by atoms with Gasteiger partial charge in [-0.3, -0.25) is 0 Å². The molecule has 1 heterocycles. The monoisotopic (exact) mass is 271 g/mol. The van der Waals surface area contributed by atoms with E-state index in [2.05, 4.69) is 32.4 Å². The zero-order valence-corrected chi connectivity index (χ0v) is 11.3. The first-order valence-electron chi connectivity index (χ1n) is 4.65. The van der Waals surface area contributed by atoms with E-state index in [9.17, 15) is 4.89 Å². The minimum absolute atomic E-state index is 0.168. The van der Waals surface area contributed by atoms with Gasteiger partial charge in [-0.15, -0.1) is 0 Å². The van der Waals surface area contributed by atoms with E-state index in [0.29, 0.717) is 18.7 Å². The summed E-state index contributed by atoms with van der Waals surface area (Å²) in [5, 5.41) is 1.00. The maximum absolute atomic E-state index is 12.3. The Kier molecular flexibility index (Phi) is 4.18. The molecule has 0 radical (unpaired) electrons. The number of nitrogens with zero attached hydrogens (tertiary/aromatic N) is 1. The summed E-state index contributed by atoms with van der Waals surface area (Å²) in [5.41, 5.74) is 0. The zero-order valence-electron chi connectivity index (χ0n) is 8.69. The van der Waals surface area contributed by atoms with Crippen molar-refractivity contribution in [3.8, 4) is 0 Å². The Balaban J connectivity index is 2.73. The van der Waals surface area contributed by atoms with E-state index in [1.54, 1.807) is 0 Å². The van der Waals surface area contributed by atoms with Gasteiger partial charge in [-0.05, 0) is 0 Å². The van der Waals surface area contributed by atoms with Crippen LogP contribution >= 0.6 is 6.56 Å². The Morgan fingerprint density at radius 2 is 1.85 bits per heavy atom. The van der Waals surface area contributed by atoms with Crippen molar-refractivity contribution in [3.05, 3.63) is 0 Å². The van der Waals surface area contributed by atoms with E-state index >= 15 is 0 Å². The van der Waals surface area contributed by atoms with Crippen LogP contribution in [0.25, 0.3) is 0 Å². The van der Waals surface area contributed by atoms with Crippen LogP contribution in [0.2, 0.25) is 5.32 Å². The fourth-order valence-electron chi connectivity index (χ4n) is 1.64. The second-order valence-electron chi connectivity index (χ2n) is 3.70. The van der Waals surface area contributed by atoms with Crippen LogP contribution in [0.15, 0.2) is 0 Å². The van der Waals surface area contributed by atoms with E-state index < -0.39 is 6.56 Å². The van der Waals surface area contributed by atoms with Crippen molar-refractivity contribution in [3.63, 3.8) is 0 Å². The van der Waals surface area contributed by atoms with Crippen molar-refractivity contribution in [2.75, 3.05) is 6.61 Å². The van der Waals surface area contributed by atoms with Crippen LogP contribution in [0.5, 0.6) is 0 Å². The van der Waals surface area contributed by atoms with E-state index in [-0.39, 0.29) is 14.5 Å². The molecular weight excluding hydrogens is 252 g/mol. The van der Waals surface area contributed by atoms with Crippen molar-refractivity contribution in [1.29, 1.82) is 0 Å². The van der Waals surface area contributed by atoms with Crippen LogP contribution < -0.4 is 4.89 Å². The van der Waals surface area contributed by atoms with Gasteiger partial charge >= 0.3 is 86.9 Å². The standard InChI is InChI=1S/C8H18NO2PSe/c1-7(2)9(8(3)4)12(10)11-5-6-13-12/h7-8H,5-6H2,1-4H3. The second kappa shape index (κ2) is 4.57. The molecule has 1 aliphatic rings. The van der Waals surface area contributed by atoms with Gasteiger partial charge in [0.2, 0.25) is 0 Å². The molecule has 0 aromatic carbocycles. The summed E-state index contributed by atoms with van der Waals surface area (Å²) in [4.78, 5) is 12.3. The Bertz CT molecular complexity index is 164. The molecule has 78 valence electrons. The first kappa shape index (κ1) is 11.9. The number of rotatable bonds is 3. The Morgan fingerprint density at radius 1 is 1.31 bits per heavy atom. The summed E-state index contributed by atoms with van der Waals surface area (Å²) in [6.07, 6.45) is 0. The fourth-order valence-corrected chi connectivity index (χ4v) is 10.3. The van der Waals surface area contributed by atoms with Crippen LogP contribution in [0.1, 0.15) is 27.7 Å². The van der Waals surface area contributed by atoms with Gasteiger partial charge in [0.1, 0.15) is 0 Å². The quantitative estimate of drug-likeness (QED) is 0.572. The van der Waals surface area contributed by atoms with Gasteiger partial charge < -0.3 is 0 Å². The summed E-state index contributed by atoms with van der Waals surface area (Å²) in [5.74, 6) is 0. The number of hydrogen-bond acceptors (Lipinski definition) is 3. The number of hydrogen-bond donors (Lipinski definition) is 0. The fraction of sp³-hybridized carbons (Fsp3) is 1.00. The van der Waals surface area contributed by atoms with E-state index in [1.165, 1.54) is 0 Å².